The number of carbonyl (C=O) groups excluding carboxylic acids is 1. The Morgan fingerprint density at radius 2 is 2.17 bits per heavy atom. The van der Waals surface area contributed by atoms with Gasteiger partial charge in [-0.25, -0.2) is 4.39 Å². The molecule has 1 aromatic carbocycles. The zero-order valence-corrected chi connectivity index (χ0v) is 14.1. The summed E-state index contributed by atoms with van der Waals surface area (Å²) in [6.45, 7) is 7.37. The predicted octanol–water partition coefficient (Wildman–Crippen LogP) is 2.22. The SMILES string of the molecule is C=C/C(NCCO)=C(\C(=C)Cl)C(=O)NCc1ccc(OC)c(F)c1. The summed E-state index contributed by atoms with van der Waals surface area (Å²) in [5.41, 5.74) is 1.02. The summed E-state index contributed by atoms with van der Waals surface area (Å²) in [5, 5.41) is 14.4. The molecule has 0 radical (unpaired) electrons. The van der Waals surface area contributed by atoms with E-state index < -0.39 is 11.7 Å². The highest BCUT2D eigenvalue weighted by Crippen LogP contribution is 2.19. The summed E-state index contributed by atoms with van der Waals surface area (Å²) in [6.07, 6.45) is 1.41. The minimum Gasteiger partial charge on any atom is -0.494 e. The van der Waals surface area contributed by atoms with Gasteiger partial charge < -0.3 is 20.5 Å². The number of aliphatic hydroxyl groups is 1. The van der Waals surface area contributed by atoms with Crippen molar-refractivity contribution in [1.29, 1.82) is 0 Å². The van der Waals surface area contributed by atoms with Crippen molar-refractivity contribution in [3.63, 3.8) is 0 Å². The molecular weight excluding hydrogens is 335 g/mol. The van der Waals surface area contributed by atoms with Gasteiger partial charge in [0.05, 0.1) is 19.3 Å². The van der Waals surface area contributed by atoms with E-state index in [1.54, 1.807) is 6.07 Å². The van der Waals surface area contributed by atoms with Crippen molar-refractivity contribution in [1.82, 2.24) is 10.6 Å². The van der Waals surface area contributed by atoms with Crippen LogP contribution < -0.4 is 15.4 Å². The summed E-state index contributed by atoms with van der Waals surface area (Å²) in [4.78, 5) is 12.3. The smallest absolute Gasteiger partial charge is 0.255 e. The van der Waals surface area contributed by atoms with E-state index in [1.807, 2.05) is 0 Å². The Balaban J connectivity index is 2.89. The fourth-order valence-corrected chi connectivity index (χ4v) is 2.12. The molecule has 0 unspecified atom stereocenters. The molecule has 0 heterocycles. The molecule has 1 amide bonds. The maximum Gasteiger partial charge on any atom is 0.255 e. The highest BCUT2D eigenvalue weighted by atomic mass is 35.5. The van der Waals surface area contributed by atoms with Crippen molar-refractivity contribution in [3.8, 4) is 5.75 Å². The molecule has 5 nitrogen and oxygen atoms in total. The molecule has 0 saturated heterocycles. The van der Waals surface area contributed by atoms with Gasteiger partial charge in [0.1, 0.15) is 0 Å². The molecule has 0 aromatic heterocycles. The first-order valence-corrected chi connectivity index (χ1v) is 7.49. The van der Waals surface area contributed by atoms with Gasteiger partial charge >= 0.3 is 0 Å². The summed E-state index contributed by atoms with van der Waals surface area (Å²) in [6, 6.07) is 4.39. The quantitative estimate of drug-likeness (QED) is 0.470. The van der Waals surface area contributed by atoms with Gasteiger partial charge in [-0.3, -0.25) is 4.79 Å². The fourth-order valence-electron chi connectivity index (χ4n) is 1.94. The van der Waals surface area contributed by atoms with E-state index in [0.717, 1.165) is 0 Å². The topological polar surface area (TPSA) is 70.6 Å². The van der Waals surface area contributed by atoms with Gasteiger partial charge in [-0.05, 0) is 23.8 Å². The number of halogens is 2. The number of hydrogen-bond donors (Lipinski definition) is 3. The first kappa shape index (κ1) is 19.7. The van der Waals surface area contributed by atoms with E-state index in [2.05, 4.69) is 23.8 Å². The van der Waals surface area contributed by atoms with Gasteiger partial charge in [-0.2, -0.15) is 0 Å². The third-order valence-corrected chi connectivity index (χ3v) is 3.26. The number of carbonyl (C=O) groups is 1. The highest BCUT2D eigenvalue weighted by molar-refractivity contribution is 6.35. The first-order chi connectivity index (χ1) is 11.4. The van der Waals surface area contributed by atoms with Gasteiger partial charge in [0, 0.05) is 23.8 Å². The molecule has 24 heavy (non-hydrogen) atoms. The maximum atomic E-state index is 13.7. The Labute approximate surface area is 145 Å². The average Bonchev–Trinajstić information content (AvgIpc) is 2.56. The van der Waals surface area contributed by atoms with Crippen LogP contribution in [0.4, 0.5) is 4.39 Å². The third kappa shape index (κ3) is 5.40. The largest absolute Gasteiger partial charge is 0.494 e. The van der Waals surface area contributed by atoms with Crippen LogP contribution in [-0.2, 0) is 11.3 Å². The van der Waals surface area contributed by atoms with Gasteiger partial charge in [-0.15, -0.1) is 0 Å². The number of allylic oxidation sites excluding steroid dienone is 1. The Bertz CT molecular complexity index is 659. The molecular formula is C17H20ClFN2O3. The Morgan fingerprint density at radius 3 is 2.67 bits per heavy atom. The second-order valence-electron chi connectivity index (χ2n) is 4.70. The van der Waals surface area contributed by atoms with E-state index >= 15 is 0 Å². The summed E-state index contributed by atoms with van der Waals surface area (Å²) in [7, 11) is 1.37. The number of amides is 1. The number of rotatable bonds is 9. The molecule has 0 fully saturated rings. The number of aliphatic hydroxyl groups excluding tert-OH is 1. The van der Waals surface area contributed by atoms with Crippen molar-refractivity contribution in [2.24, 2.45) is 0 Å². The molecule has 0 atom stereocenters. The highest BCUT2D eigenvalue weighted by Gasteiger charge is 2.16. The Kier molecular flexibility index (Phi) is 8.01. The number of hydrogen-bond acceptors (Lipinski definition) is 4. The summed E-state index contributed by atoms with van der Waals surface area (Å²) >= 11 is 5.90. The summed E-state index contributed by atoms with van der Waals surface area (Å²) < 4.78 is 18.5. The number of methoxy groups -OCH3 is 1. The standard InChI is InChI=1S/C17H20ClFN2O3/c1-4-14(20-7-8-22)16(11(2)18)17(23)21-10-12-5-6-15(24-3)13(19)9-12/h4-6,9,20,22H,1-2,7-8,10H2,3H3,(H,21,23)/b16-14-. The van der Waals surface area contributed by atoms with Crippen LogP contribution >= 0.6 is 11.6 Å². The molecule has 1 aromatic rings. The van der Waals surface area contributed by atoms with Crippen LogP contribution in [0.2, 0.25) is 0 Å². The normalized spacial score (nSPS) is 11.3. The number of nitrogens with one attached hydrogen (secondary N) is 2. The monoisotopic (exact) mass is 354 g/mol. The van der Waals surface area contributed by atoms with Gasteiger partial charge in [0.2, 0.25) is 0 Å². The van der Waals surface area contributed by atoms with Crippen LogP contribution in [0.15, 0.2) is 53.7 Å². The van der Waals surface area contributed by atoms with E-state index in [-0.39, 0.29) is 36.1 Å². The molecule has 0 bridgehead atoms. The van der Waals surface area contributed by atoms with E-state index in [1.165, 1.54) is 25.3 Å². The molecule has 0 spiro atoms. The van der Waals surface area contributed by atoms with E-state index in [0.29, 0.717) is 11.3 Å². The predicted molar refractivity (Wildman–Crippen MR) is 92.1 cm³/mol. The number of benzene rings is 1. The second-order valence-corrected chi connectivity index (χ2v) is 5.16. The van der Waals surface area contributed by atoms with Gasteiger partial charge in [0.25, 0.3) is 5.91 Å². The fraction of sp³-hybridized carbons (Fsp3) is 0.235. The van der Waals surface area contributed by atoms with Crippen LogP contribution in [0.5, 0.6) is 5.75 Å². The molecule has 130 valence electrons. The zero-order valence-electron chi connectivity index (χ0n) is 13.4. The lowest BCUT2D eigenvalue weighted by Gasteiger charge is -2.14. The van der Waals surface area contributed by atoms with Crippen molar-refractivity contribution in [2.75, 3.05) is 20.3 Å². The molecule has 0 aliphatic carbocycles. The average molecular weight is 355 g/mol. The lowest BCUT2D eigenvalue weighted by Crippen LogP contribution is -2.28. The molecule has 0 aliphatic rings. The number of ether oxygens (including phenoxy) is 1. The molecule has 0 saturated carbocycles. The van der Waals surface area contributed by atoms with Crippen LogP contribution in [-0.4, -0.2) is 31.3 Å². The molecule has 0 aliphatic heterocycles. The van der Waals surface area contributed by atoms with Crippen LogP contribution in [0.1, 0.15) is 5.56 Å². The van der Waals surface area contributed by atoms with Crippen LogP contribution in [0, 0.1) is 5.82 Å². The Hall–Kier alpha value is -2.31. The van der Waals surface area contributed by atoms with E-state index in [9.17, 15) is 9.18 Å². The van der Waals surface area contributed by atoms with E-state index in [4.69, 9.17) is 21.4 Å². The Morgan fingerprint density at radius 1 is 1.46 bits per heavy atom. The van der Waals surface area contributed by atoms with Crippen molar-refractivity contribution >= 4 is 17.5 Å². The molecule has 3 N–H and O–H groups in total. The molecule has 7 heteroatoms. The lowest BCUT2D eigenvalue weighted by molar-refractivity contribution is -0.117. The molecule has 1 rings (SSSR count). The van der Waals surface area contributed by atoms with Crippen molar-refractivity contribution < 1.29 is 19.0 Å². The van der Waals surface area contributed by atoms with Crippen molar-refractivity contribution in [3.05, 3.63) is 65.1 Å². The minimum atomic E-state index is -0.516. The third-order valence-electron chi connectivity index (χ3n) is 3.07. The lowest BCUT2D eigenvalue weighted by atomic mass is 10.1. The minimum absolute atomic E-state index is 0.0220. The van der Waals surface area contributed by atoms with Crippen LogP contribution in [0.25, 0.3) is 0 Å². The van der Waals surface area contributed by atoms with Crippen molar-refractivity contribution in [2.45, 2.75) is 6.54 Å². The van der Waals surface area contributed by atoms with Crippen LogP contribution in [0.3, 0.4) is 0 Å². The van der Waals surface area contributed by atoms with Gasteiger partial charge in [-0.1, -0.05) is 30.8 Å². The van der Waals surface area contributed by atoms with Gasteiger partial charge in [0.15, 0.2) is 11.6 Å². The zero-order chi connectivity index (χ0) is 18.1. The summed E-state index contributed by atoms with van der Waals surface area (Å²) in [5.74, 6) is -0.883. The first-order valence-electron chi connectivity index (χ1n) is 7.11. The second kappa shape index (κ2) is 9.75. The maximum absolute atomic E-state index is 13.7.